The molecule has 1 aromatic rings. The highest BCUT2D eigenvalue weighted by Gasteiger charge is 2.48. The van der Waals surface area contributed by atoms with E-state index in [0.29, 0.717) is 5.76 Å². The number of rotatable bonds is 3. The van der Waals surface area contributed by atoms with Gasteiger partial charge in [0, 0.05) is 6.07 Å². The largest absolute Gasteiger partial charge is 0.360 e. The van der Waals surface area contributed by atoms with E-state index >= 15 is 0 Å². The van der Waals surface area contributed by atoms with Gasteiger partial charge in [-0.25, -0.2) is 0 Å². The fourth-order valence-corrected chi connectivity index (χ4v) is 3.14. The molecule has 0 unspecified atom stereocenters. The van der Waals surface area contributed by atoms with Gasteiger partial charge in [0.1, 0.15) is 12.3 Å². The molecule has 2 fully saturated rings. The van der Waals surface area contributed by atoms with Crippen LogP contribution in [0.3, 0.4) is 0 Å². The second kappa shape index (κ2) is 5.31. The number of aryl methyl sites for hydroxylation is 1. The second-order valence-corrected chi connectivity index (χ2v) is 5.63. The number of hydrogen-bond donors (Lipinski definition) is 1. The van der Waals surface area contributed by atoms with Crippen molar-refractivity contribution in [3.8, 4) is 0 Å². The molecule has 0 aromatic carbocycles. The Morgan fingerprint density at radius 3 is 2.48 bits per heavy atom. The zero-order valence-corrected chi connectivity index (χ0v) is 11.8. The first-order valence-corrected chi connectivity index (χ1v) is 7.14. The van der Waals surface area contributed by atoms with E-state index in [4.69, 9.17) is 4.52 Å². The van der Waals surface area contributed by atoms with Crippen molar-refractivity contribution in [2.75, 3.05) is 11.9 Å². The summed E-state index contributed by atoms with van der Waals surface area (Å²) in [7, 11) is 0. The zero-order valence-electron chi connectivity index (χ0n) is 11.8. The Morgan fingerprint density at radius 2 is 1.95 bits per heavy atom. The molecule has 3 amide bonds. The summed E-state index contributed by atoms with van der Waals surface area (Å²) in [6.07, 6.45) is 3.43. The SMILES string of the molecule is Cc1cc(NC(=O)CN2C(=O)[C@H]3CCCC[C@@H]3C2=O)no1. The van der Waals surface area contributed by atoms with Crippen LogP contribution in [0.1, 0.15) is 31.4 Å². The first kappa shape index (κ1) is 13.8. The highest BCUT2D eigenvalue weighted by atomic mass is 16.5. The summed E-state index contributed by atoms with van der Waals surface area (Å²) in [6, 6.07) is 1.57. The molecule has 1 saturated carbocycles. The molecule has 1 aliphatic carbocycles. The van der Waals surface area contributed by atoms with Crippen molar-refractivity contribution in [3.63, 3.8) is 0 Å². The van der Waals surface area contributed by atoms with Gasteiger partial charge in [0.25, 0.3) is 0 Å². The Hall–Kier alpha value is -2.18. The molecule has 0 radical (unpaired) electrons. The van der Waals surface area contributed by atoms with E-state index in [9.17, 15) is 14.4 Å². The number of fused-ring (bicyclic) bond motifs is 1. The van der Waals surface area contributed by atoms with Gasteiger partial charge in [-0.15, -0.1) is 0 Å². The lowest BCUT2D eigenvalue weighted by Crippen LogP contribution is -2.38. The van der Waals surface area contributed by atoms with Crippen molar-refractivity contribution in [1.29, 1.82) is 0 Å². The molecule has 0 bridgehead atoms. The number of nitrogens with zero attached hydrogens (tertiary/aromatic N) is 2. The number of amides is 3. The highest BCUT2D eigenvalue weighted by molar-refractivity contribution is 6.08. The Morgan fingerprint density at radius 1 is 1.33 bits per heavy atom. The first-order valence-electron chi connectivity index (χ1n) is 7.14. The van der Waals surface area contributed by atoms with E-state index in [-0.39, 0.29) is 36.0 Å². The maximum Gasteiger partial charge on any atom is 0.245 e. The first-order chi connectivity index (χ1) is 10.1. The number of aromatic nitrogens is 1. The minimum atomic E-state index is -0.441. The third-order valence-corrected chi connectivity index (χ3v) is 4.13. The summed E-state index contributed by atoms with van der Waals surface area (Å²) in [4.78, 5) is 37.5. The van der Waals surface area contributed by atoms with Gasteiger partial charge in [0.05, 0.1) is 11.8 Å². The molecule has 2 heterocycles. The van der Waals surface area contributed by atoms with E-state index in [1.165, 1.54) is 0 Å². The smallest absolute Gasteiger partial charge is 0.245 e. The van der Waals surface area contributed by atoms with E-state index in [0.717, 1.165) is 30.6 Å². The van der Waals surface area contributed by atoms with E-state index < -0.39 is 5.91 Å². The maximum absolute atomic E-state index is 12.2. The van der Waals surface area contributed by atoms with Crippen LogP contribution in [-0.4, -0.2) is 34.3 Å². The van der Waals surface area contributed by atoms with Crippen molar-refractivity contribution < 1.29 is 18.9 Å². The van der Waals surface area contributed by atoms with Crippen molar-refractivity contribution in [2.45, 2.75) is 32.6 Å². The van der Waals surface area contributed by atoms with Gasteiger partial charge in [-0.1, -0.05) is 18.0 Å². The van der Waals surface area contributed by atoms with Crippen LogP contribution in [0.4, 0.5) is 5.82 Å². The Balaban J connectivity index is 1.65. The number of hydrogen-bond acceptors (Lipinski definition) is 5. The summed E-state index contributed by atoms with van der Waals surface area (Å²) in [5.74, 6) is -0.462. The monoisotopic (exact) mass is 291 g/mol. The fourth-order valence-electron chi connectivity index (χ4n) is 3.14. The van der Waals surface area contributed by atoms with Crippen LogP contribution in [-0.2, 0) is 14.4 Å². The van der Waals surface area contributed by atoms with Crippen molar-refractivity contribution >= 4 is 23.5 Å². The lowest BCUT2D eigenvalue weighted by Gasteiger charge is -2.19. The minimum absolute atomic E-state index is 0.212. The standard InChI is InChI=1S/C14H17N3O4/c1-8-6-11(16-21-8)15-12(18)7-17-13(19)9-4-2-3-5-10(9)14(17)20/h6,9-10H,2-5,7H2,1H3,(H,15,16,18)/t9-,10-/m0/s1. The van der Waals surface area contributed by atoms with E-state index in [2.05, 4.69) is 10.5 Å². The Bertz CT molecular complexity index is 571. The molecule has 2 aliphatic rings. The molecule has 21 heavy (non-hydrogen) atoms. The summed E-state index contributed by atoms with van der Waals surface area (Å²) < 4.78 is 4.84. The van der Waals surface area contributed by atoms with Crippen molar-refractivity contribution in [3.05, 3.63) is 11.8 Å². The maximum atomic E-state index is 12.2. The lowest BCUT2D eigenvalue weighted by molar-refractivity contribution is -0.142. The predicted molar refractivity (Wildman–Crippen MR) is 72.0 cm³/mol. The topological polar surface area (TPSA) is 92.5 Å². The van der Waals surface area contributed by atoms with Gasteiger partial charge in [-0.3, -0.25) is 19.3 Å². The zero-order chi connectivity index (χ0) is 15.0. The molecule has 7 heteroatoms. The predicted octanol–water partition coefficient (Wildman–Crippen LogP) is 1.10. The molecule has 3 rings (SSSR count). The van der Waals surface area contributed by atoms with Crippen LogP contribution >= 0.6 is 0 Å². The molecule has 2 atom stereocenters. The van der Waals surface area contributed by atoms with Crippen LogP contribution in [0, 0.1) is 18.8 Å². The molecule has 7 nitrogen and oxygen atoms in total. The molecule has 1 N–H and O–H groups in total. The molecule has 112 valence electrons. The number of carbonyl (C=O) groups excluding carboxylic acids is 3. The van der Waals surface area contributed by atoms with E-state index in [1.807, 2.05) is 0 Å². The van der Waals surface area contributed by atoms with Crippen LogP contribution in [0.2, 0.25) is 0 Å². The van der Waals surface area contributed by atoms with Crippen molar-refractivity contribution in [1.82, 2.24) is 10.1 Å². The lowest BCUT2D eigenvalue weighted by atomic mass is 9.81. The number of nitrogens with one attached hydrogen (secondary N) is 1. The summed E-state index contributed by atoms with van der Waals surface area (Å²) in [5, 5.41) is 6.17. The van der Waals surface area contributed by atoms with Gasteiger partial charge in [0.2, 0.25) is 17.7 Å². The third kappa shape index (κ3) is 2.55. The quantitative estimate of drug-likeness (QED) is 0.842. The molecule has 1 saturated heterocycles. The Labute approximate surface area is 121 Å². The molecule has 1 aromatic heterocycles. The van der Waals surface area contributed by atoms with Crippen LogP contribution in [0.25, 0.3) is 0 Å². The number of imide groups is 1. The number of carbonyl (C=O) groups is 3. The summed E-state index contributed by atoms with van der Waals surface area (Å²) in [6.45, 7) is 1.46. The molecular formula is C14H17N3O4. The van der Waals surface area contributed by atoms with Gasteiger partial charge in [-0.2, -0.15) is 0 Å². The third-order valence-electron chi connectivity index (χ3n) is 4.13. The summed E-state index contributed by atoms with van der Waals surface area (Å²) in [5.41, 5.74) is 0. The van der Waals surface area contributed by atoms with Crippen LogP contribution < -0.4 is 5.32 Å². The average Bonchev–Trinajstić information content (AvgIpc) is 2.97. The second-order valence-electron chi connectivity index (χ2n) is 5.63. The minimum Gasteiger partial charge on any atom is -0.360 e. The highest BCUT2D eigenvalue weighted by Crippen LogP contribution is 2.37. The van der Waals surface area contributed by atoms with Gasteiger partial charge >= 0.3 is 0 Å². The van der Waals surface area contributed by atoms with Gasteiger partial charge in [-0.05, 0) is 19.8 Å². The molecule has 1 aliphatic heterocycles. The van der Waals surface area contributed by atoms with Crippen LogP contribution in [0.5, 0.6) is 0 Å². The van der Waals surface area contributed by atoms with Gasteiger partial charge < -0.3 is 9.84 Å². The molecular weight excluding hydrogens is 274 g/mol. The van der Waals surface area contributed by atoms with E-state index in [1.54, 1.807) is 13.0 Å². The normalized spacial score (nSPS) is 25.1. The van der Waals surface area contributed by atoms with Gasteiger partial charge in [0.15, 0.2) is 5.82 Å². The van der Waals surface area contributed by atoms with Crippen molar-refractivity contribution in [2.24, 2.45) is 11.8 Å². The summed E-state index contributed by atoms with van der Waals surface area (Å²) >= 11 is 0. The number of anilines is 1. The average molecular weight is 291 g/mol. The Kier molecular flexibility index (Phi) is 3.48. The number of likely N-dealkylation sites (tertiary alicyclic amines) is 1. The van der Waals surface area contributed by atoms with Crippen LogP contribution in [0.15, 0.2) is 10.6 Å². The fraction of sp³-hybridized carbons (Fsp3) is 0.571. The molecule has 0 spiro atoms.